The van der Waals surface area contributed by atoms with Crippen LogP contribution in [0.4, 0.5) is 5.69 Å². The van der Waals surface area contributed by atoms with Crippen LogP contribution in [0.25, 0.3) is 0 Å². The van der Waals surface area contributed by atoms with Crippen molar-refractivity contribution in [2.45, 2.75) is 46.6 Å². The zero-order valence-electron chi connectivity index (χ0n) is 15.8. The number of ether oxygens (including phenoxy) is 1. The molecule has 1 aromatic heterocycles. The molecule has 0 radical (unpaired) electrons. The van der Waals surface area contributed by atoms with Crippen LogP contribution in [-0.4, -0.2) is 28.4 Å². The van der Waals surface area contributed by atoms with E-state index in [9.17, 15) is 0 Å². The number of hydrogen-bond donors (Lipinski definition) is 2. The van der Waals surface area contributed by atoms with E-state index < -0.39 is 0 Å². The van der Waals surface area contributed by atoms with E-state index in [-0.39, 0.29) is 6.10 Å². The zero-order valence-corrected chi connectivity index (χ0v) is 15.8. The van der Waals surface area contributed by atoms with E-state index in [2.05, 4.69) is 22.3 Å². The van der Waals surface area contributed by atoms with Crippen molar-refractivity contribution >= 4 is 11.6 Å². The number of aliphatic imine (C=N–C) groups is 1. The molecular formula is C19H29N5O. The van der Waals surface area contributed by atoms with Crippen LogP contribution in [0.15, 0.2) is 29.3 Å². The summed E-state index contributed by atoms with van der Waals surface area (Å²) in [5.74, 6) is 1.27. The Hall–Kier alpha value is -2.50. The van der Waals surface area contributed by atoms with Crippen LogP contribution in [0, 0.1) is 13.8 Å². The Labute approximate surface area is 150 Å². The minimum absolute atomic E-state index is 0.164. The van der Waals surface area contributed by atoms with Gasteiger partial charge in [-0.25, -0.2) is 0 Å². The third kappa shape index (κ3) is 5.52. The molecule has 0 bridgehead atoms. The first-order chi connectivity index (χ1) is 11.9. The molecule has 0 aliphatic heterocycles. The van der Waals surface area contributed by atoms with E-state index in [4.69, 9.17) is 10.5 Å². The zero-order chi connectivity index (χ0) is 18.4. The number of nitrogens with two attached hydrogens (primary N) is 1. The van der Waals surface area contributed by atoms with Gasteiger partial charge in [0.15, 0.2) is 5.96 Å². The van der Waals surface area contributed by atoms with Crippen LogP contribution in [0.2, 0.25) is 0 Å². The van der Waals surface area contributed by atoms with Crippen molar-refractivity contribution in [3.63, 3.8) is 0 Å². The van der Waals surface area contributed by atoms with Gasteiger partial charge in [-0.3, -0.25) is 9.67 Å². The van der Waals surface area contributed by atoms with E-state index in [0.717, 1.165) is 30.0 Å². The fourth-order valence-corrected chi connectivity index (χ4v) is 2.71. The van der Waals surface area contributed by atoms with E-state index in [1.165, 1.54) is 11.3 Å². The summed E-state index contributed by atoms with van der Waals surface area (Å²) in [6.07, 6.45) is 2.07. The number of anilines is 1. The maximum Gasteiger partial charge on any atom is 0.193 e. The molecule has 1 heterocycles. The van der Waals surface area contributed by atoms with Crippen molar-refractivity contribution in [1.82, 2.24) is 9.78 Å². The largest absolute Gasteiger partial charge is 0.491 e. The van der Waals surface area contributed by atoms with Gasteiger partial charge >= 0.3 is 0 Å². The van der Waals surface area contributed by atoms with Gasteiger partial charge in [-0.15, -0.1) is 0 Å². The lowest BCUT2D eigenvalue weighted by Gasteiger charge is -2.11. The minimum atomic E-state index is 0.164. The number of hydrogen-bond acceptors (Lipinski definition) is 3. The SMILES string of the molecule is Cc1nn(C)c(C)c1CCCN=C(N)Nc1ccc(OC(C)C)cc1. The van der Waals surface area contributed by atoms with E-state index in [1.54, 1.807) is 0 Å². The highest BCUT2D eigenvalue weighted by atomic mass is 16.5. The van der Waals surface area contributed by atoms with E-state index >= 15 is 0 Å². The van der Waals surface area contributed by atoms with Crippen molar-refractivity contribution in [1.29, 1.82) is 0 Å². The van der Waals surface area contributed by atoms with Crippen LogP contribution in [0.1, 0.15) is 37.2 Å². The van der Waals surface area contributed by atoms with Crippen LogP contribution >= 0.6 is 0 Å². The lowest BCUT2D eigenvalue weighted by molar-refractivity contribution is 0.242. The van der Waals surface area contributed by atoms with Crippen molar-refractivity contribution in [3.8, 4) is 5.75 Å². The Morgan fingerprint density at radius 3 is 2.52 bits per heavy atom. The second kappa shape index (κ2) is 8.55. The average molecular weight is 343 g/mol. The van der Waals surface area contributed by atoms with Crippen molar-refractivity contribution in [3.05, 3.63) is 41.2 Å². The van der Waals surface area contributed by atoms with E-state index in [1.807, 2.05) is 56.8 Å². The molecule has 0 saturated carbocycles. The summed E-state index contributed by atoms with van der Waals surface area (Å²) in [6, 6.07) is 7.71. The third-order valence-electron chi connectivity index (χ3n) is 4.02. The molecule has 1 aromatic carbocycles. The van der Waals surface area contributed by atoms with Gasteiger partial charge in [0.2, 0.25) is 0 Å². The fraction of sp³-hybridized carbons (Fsp3) is 0.474. The molecule has 6 nitrogen and oxygen atoms in total. The topological polar surface area (TPSA) is 77.5 Å². The molecule has 136 valence electrons. The Morgan fingerprint density at radius 1 is 1.28 bits per heavy atom. The molecule has 0 aliphatic rings. The Morgan fingerprint density at radius 2 is 1.96 bits per heavy atom. The highest BCUT2D eigenvalue weighted by molar-refractivity contribution is 5.92. The molecule has 0 unspecified atom stereocenters. The molecule has 6 heteroatoms. The average Bonchev–Trinajstić information content (AvgIpc) is 2.78. The van der Waals surface area contributed by atoms with Gasteiger partial charge in [-0.05, 0) is 70.4 Å². The van der Waals surface area contributed by atoms with Gasteiger partial charge in [0.05, 0.1) is 11.8 Å². The number of nitrogens with zero attached hydrogens (tertiary/aromatic N) is 3. The first kappa shape index (κ1) is 18.8. The molecule has 2 rings (SSSR count). The van der Waals surface area contributed by atoms with Crippen molar-refractivity contribution in [2.24, 2.45) is 17.8 Å². The molecular weight excluding hydrogens is 314 g/mol. The van der Waals surface area contributed by atoms with Gasteiger partial charge in [-0.1, -0.05) is 0 Å². The smallest absolute Gasteiger partial charge is 0.193 e. The summed E-state index contributed by atoms with van der Waals surface area (Å²) < 4.78 is 7.55. The molecule has 0 spiro atoms. The normalized spacial score (nSPS) is 11.8. The number of rotatable bonds is 7. The van der Waals surface area contributed by atoms with Crippen LogP contribution in [-0.2, 0) is 13.5 Å². The van der Waals surface area contributed by atoms with Crippen LogP contribution in [0.5, 0.6) is 5.75 Å². The highest BCUT2D eigenvalue weighted by Crippen LogP contribution is 2.17. The van der Waals surface area contributed by atoms with Gasteiger partial charge in [0, 0.05) is 25.0 Å². The van der Waals surface area contributed by atoms with Gasteiger partial charge in [-0.2, -0.15) is 5.10 Å². The summed E-state index contributed by atoms with van der Waals surface area (Å²) in [7, 11) is 1.98. The van der Waals surface area contributed by atoms with E-state index in [0.29, 0.717) is 12.5 Å². The molecule has 0 aliphatic carbocycles. The molecule has 3 N–H and O–H groups in total. The van der Waals surface area contributed by atoms with Gasteiger partial charge in [0.1, 0.15) is 5.75 Å². The quantitative estimate of drug-likeness (QED) is 0.460. The van der Waals surface area contributed by atoms with Gasteiger partial charge in [0.25, 0.3) is 0 Å². The number of guanidine groups is 1. The summed E-state index contributed by atoms with van der Waals surface area (Å²) >= 11 is 0. The van der Waals surface area contributed by atoms with Crippen molar-refractivity contribution in [2.75, 3.05) is 11.9 Å². The van der Waals surface area contributed by atoms with Gasteiger partial charge < -0.3 is 15.8 Å². The Kier molecular flexibility index (Phi) is 6.44. The van der Waals surface area contributed by atoms with Crippen LogP contribution < -0.4 is 15.8 Å². The third-order valence-corrected chi connectivity index (χ3v) is 4.02. The molecule has 0 saturated heterocycles. The summed E-state index contributed by atoms with van der Waals surface area (Å²) in [4.78, 5) is 4.40. The monoisotopic (exact) mass is 343 g/mol. The molecule has 0 amide bonds. The molecule has 2 aromatic rings. The summed E-state index contributed by atoms with van der Waals surface area (Å²) in [5.41, 5.74) is 10.5. The lowest BCUT2D eigenvalue weighted by Crippen LogP contribution is -2.22. The molecule has 0 atom stereocenters. The predicted molar refractivity (Wildman–Crippen MR) is 103 cm³/mol. The predicted octanol–water partition coefficient (Wildman–Crippen LogP) is 3.18. The number of benzene rings is 1. The van der Waals surface area contributed by atoms with Crippen LogP contribution in [0.3, 0.4) is 0 Å². The second-order valence-corrected chi connectivity index (χ2v) is 6.46. The number of aryl methyl sites for hydroxylation is 2. The summed E-state index contributed by atoms with van der Waals surface area (Å²) in [5, 5.41) is 7.54. The maximum atomic E-state index is 5.96. The number of nitrogens with one attached hydrogen (secondary N) is 1. The highest BCUT2D eigenvalue weighted by Gasteiger charge is 2.08. The summed E-state index contributed by atoms with van der Waals surface area (Å²) in [6.45, 7) is 8.84. The first-order valence-electron chi connectivity index (χ1n) is 8.69. The second-order valence-electron chi connectivity index (χ2n) is 6.46. The number of aromatic nitrogens is 2. The Bertz CT molecular complexity index is 716. The fourth-order valence-electron chi connectivity index (χ4n) is 2.71. The Balaban J connectivity index is 1.81. The lowest BCUT2D eigenvalue weighted by atomic mass is 10.1. The minimum Gasteiger partial charge on any atom is -0.491 e. The maximum absolute atomic E-state index is 5.96. The standard InChI is InChI=1S/C19H29N5O/c1-13(2)25-17-10-8-16(9-11-17)22-19(20)21-12-6-7-18-14(3)23-24(5)15(18)4/h8-11,13H,6-7,12H2,1-5H3,(H3,20,21,22). The van der Waals surface area contributed by atoms with Crippen molar-refractivity contribution < 1.29 is 4.74 Å². The molecule has 0 fully saturated rings. The first-order valence-corrected chi connectivity index (χ1v) is 8.69. The molecule has 25 heavy (non-hydrogen) atoms.